The molecule has 0 aromatic heterocycles. The van der Waals surface area contributed by atoms with Gasteiger partial charge in [-0.3, -0.25) is 4.90 Å². The van der Waals surface area contributed by atoms with Gasteiger partial charge in [0.1, 0.15) is 0 Å². The second-order valence-electron chi connectivity index (χ2n) is 5.22. The summed E-state index contributed by atoms with van der Waals surface area (Å²) in [6, 6.07) is 5.84. The molecule has 1 aromatic carbocycles. The van der Waals surface area contributed by atoms with Crippen molar-refractivity contribution in [2.45, 2.75) is 19.9 Å². The number of halogens is 2. The summed E-state index contributed by atoms with van der Waals surface area (Å²) in [5, 5.41) is 1.24. The second-order valence-corrected chi connectivity index (χ2v) is 6.04. The first kappa shape index (κ1) is 13.2. The Hall–Kier alpha value is -0.280. The molecule has 2 rings (SSSR count). The van der Waals surface area contributed by atoms with Crippen molar-refractivity contribution in [3.8, 4) is 0 Å². The van der Waals surface area contributed by atoms with Crippen LogP contribution in [-0.2, 0) is 6.54 Å². The summed E-state index contributed by atoms with van der Waals surface area (Å²) in [5.41, 5.74) is 7.29. The van der Waals surface area contributed by atoms with Gasteiger partial charge in [-0.05, 0) is 42.6 Å². The van der Waals surface area contributed by atoms with E-state index in [0.717, 1.165) is 26.2 Å². The van der Waals surface area contributed by atoms with Gasteiger partial charge >= 0.3 is 0 Å². The zero-order valence-electron chi connectivity index (χ0n) is 10.0. The van der Waals surface area contributed by atoms with Crippen LogP contribution in [-0.4, -0.2) is 24.5 Å². The van der Waals surface area contributed by atoms with Crippen LogP contribution in [0.2, 0.25) is 10.0 Å². The number of hydrogen-bond donors (Lipinski definition) is 1. The maximum atomic E-state index is 6.01. The van der Waals surface area contributed by atoms with E-state index < -0.39 is 0 Å². The van der Waals surface area contributed by atoms with E-state index in [1.165, 1.54) is 12.0 Å². The molecule has 0 aliphatic carbocycles. The average molecular weight is 273 g/mol. The Bertz CT molecular complexity index is 408. The first-order valence-corrected chi connectivity index (χ1v) is 6.64. The van der Waals surface area contributed by atoms with Crippen LogP contribution in [0.3, 0.4) is 0 Å². The van der Waals surface area contributed by atoms with E-state index in [4.69, 9.17) is 28.9 Å². The molecule has 4 heteroatoms. The van der Waals surface area contributed by atoms with Crippen molar-refractivity contribution in [1.29, 1.82) is 0 Å². The Kier molecular flexibility index (Phi) is 3.99. The highest BCUT2D eigenvalue weighted by Crippen LogP contribution is 2.30. The molecule has 0 spiro atoms. The molecule has 0 amide bonds. The van der Waals surface area contributed by atoms with Crippen molar-refractivity contribution in [3.63, 3.8) is 0 Å². The van der Waals surface area contributed by atoms with E-state index in [2.05, 4.69) is 11.8 Å². The standard InChI is InChI=1S/C13H18Cl2N2/c1-13(8-16)4-5-17(9-13)7-10-2-3-11(14)12(15)6-10/h2-3,6H,4-5,7-9,16H2,1H3. The van der Waals surface area contributed by atoms with Crippen LogP contribution in [0.15, 0.2) is 18.2 Å². The fraction of sp³-hybridized carbons (Fsp3) is 0.538. The summed E-state index contributed by atoms with van der Waals surface area (Å²) in [6.07, 6.45) is 1.17. The first-order chi connectivity index (χ1) is 8.02. The van der Waals surface area contributed by atoms with Crippen molar-refractivity contribution >= 4 is 23.2 Å². The number of nitrogens with two attached hydrogens (primary N) is 1. The summed E-state index contributed by atoms with van der Waals surface area (Å²) in [4.78, 5) is 2.42. The largest absolute Gasteiger partial charge is 0.330 e. The summed E-state index contributed by atoms with van der Waals surface area (Å²) in [7, 11) is 0. The molecule has 17 heavy (non-hydrogen) atoms. The second kappa shape index (κ2) is 5.15. The SMILES string of the molecule is CC1(CN)CCN(Cc2ccc(Cl)c(Cl)c2)C1. The zero-order chi connectivity index (χ0) is 12.5. The molecule has 2 nitrogen and oxygen atoms in total. The average Bonchev–Trinajstić information content (AvgIpc) is 2.67. The number of nitrogens with zero attached hydrogens (tertiary/aromatic N) is 1. The minimum absolute atomic E-state index is 0.274. The van der Waals surface area contributed by atoms with Gasteiger partial charge in [0.2, 0.25) is 0 Å². The lowest BCUT2D eigenvalue weighted by Crippen LogP contribution is -2.31. The summed E-state index contributed by atoms with van der Waals surface area (Å²) < 4.78 is 0. The first-order valence-electron chi connectivity index (χ1n) is 5.89. The number of likely N-dealkylation sites (tertiary alicyclic amines) is 1. The molecule has 0 bridgehead atoms. The monoisotopic (exact) mass is 272 g/mol. The highest BCUT2D eigenvalue weighted by Gasteiger charge is 2.32. The van der Waals surface area contributed by atoms with Gasteiger partial charge in [-0.2, -0.15) is 0 Å². The van der Waals surface area contributed by atoms with Crippen LogP contribution in [0.1, 0.15) is 18.9 Å². The van der Waals surface area contributed by atoms with Gasteiger partial charge in [0, 0.05) is 13.1 Å². The Morgan fingerprint density at radius 1 is 1.35 bits per heavy atom. The minimum atomic E-state index is 0.274. The molecule has 0 radical (unpaired) electrons. The number of hydrogen-bond acceptors (Lipinski definition) is 2. The third-order valence-corrected chi connectivity index (χ3v) is 4.26. The Balaban J connectivity index is 2.00. The van der Waals surface area contributed by atoms with E-state index in [1.54, 1.807) is 0 Å². The number of rotatable bonds is 3. The lowest BCUT2D eigenvalue weighted by Gasteiger charge is -2.22. The minimum Gasteiger partial charge on any atom is -0.330 e. The van der Waals surface area contributed by atoms with Crippen molar-refractivity contribution in [3.05, 3.63) is 33.8 Å². The highest BCUT2D eigenvalue weighted by molar-refractivity contribution is 6.42. The van der Waals surface area contributed by atoms with Crippen molar-refractivity contribution in [2.24, 2.45) is 11.1 Å². The fourth-order valence-corrected chi connectivity index (χ4v) is 2.64. The van der Waals surface area contributed by atoms with Crippen LogP contribution in [0.25, 0.3) is 0 Å². The molecule has 1 aromatic rings. The van der Waals surface area contributed by atoms with Gasteiger partial charge in [-0.15, -0.1) is 0 Å². The van der Waals surface area contributed by atoms with Gasteiger partial charge in [-0.25, -0.2) is 0 Å². The van der Waals surface area contributed by atoms with Crippen LogP contribution in [0.4, 0.5) is 0 Å². The third kappa shape index (κ3) is 3.14. The Labute approximate surface area is 113 Å². The molecular weight excluding hydrogens is 255 g/mol. The Morgan fingerprint density at radius 2 is 2.12 bits per heavy atom. The lowest BCUT2D eigenvalue weighted by molar-refractivity contribution is 0.274. The summed E-state index contributed by atoms with van der Waals surface area (Å²) >= 11 is 11.9. The quantitative estimate of drug-likeness (QED) is 0.916. The predicted octanol–water partition coefficient (Wildman–Crippen LogP) is 3.16. The molecule has 94 valence electrons. The van der Waals surface area contributed by atoms with Crippen LogP contribution in [0, 0.1) is 5.41 Å². The topological polar surface area (TPSA) is 29.3 Å². The van der Waals surface area contributed by atoms with Gasteiger partial charge < -0.3 is 5.73 Å². The molecule has 1 atom stereocenters. The molecule has 1 aliphatic rings. The molecular formula is C13H18Cl2N2. The number of benzene rings is 1. The third-order valence-electron chi connectivity index (χ3n) is 3.52. The molecule has 1 fully saturated rings. The van der Waals surface area contributed by atoms with E-state index in [-0.39, 0.29) is 5.41 Å². The van der Waals surface area contributed by atoms with Crippen molar-refractivity contribution in [2.75, 3.05) is 19.6 Å². The van der Waals surface area contributed by atoms with Crippen LogP contribution >= 0.6 is 23.2 Å². The molecule has 2 N–H and O–H groups in total. The van der Waals surface area contributed by atoms with Crippen LogP contribution < -0.4 is 5.73 Å². The van der Waals surface area contributed by atoms with Crippen molar-refractivity contribution in [1.82, 2.24) is 4.90 Å². The van der Waals surface area contributed by atoms with Gasteiger partial charge in [0.05, 0.1) is 10.0 Å². The maximum absolute atomic E-state index is 6.01. The maximum Gasteiger partial charge on any atom is 0.0595 e. The molecule has 1 saturated heterocycles. The Morgan fingerprint density at radius 3 is 2.71 bits per heavy atom. The molecule has 1 unspecified atom stereocenters. The molecule has 1 heterocycles. The highest BCUT2D eigenvalue weighted by atomic mass is 35.5. The van der Waals surface area contributed by atoms with E-state index in [0.29, 0.717) is 10.0 Å². The zero-order valence-corrected chi connectivity index (χ0v) is 11.6. The summed E-state index contributed by atoms with van der Waals surface area (Å²) in [5.74, 6) is 0. The normalized spacial score (nSPS) is 25.4. The fourth-order valence-electron chi connectivity index (χ4n) is 2.32. The van der Waals surface area contributed by atoms with E-state index >= 15 is 0 Å². The van der Waals surface area contributed by atoms with Gasteiger partial charge in [0.15, 0.2) is 0 Å². The molecule has 0 saturated carbocycles. The van der Waals surface area contributed by atoms with Gasteiger partial charge in [0.25, 0.3) is 0 Å². The van der Waals surface area contributed by atoms with Crippen LogP contribution in [0.5, 0.6) is 0 Å². The molecule has 1 aliphatic heterocycles. The predicted molar refractivity (Wildman–Crippen MR) is 73.5 cm³/mol. The lowest BCUT2D eigenvalue weighted by atomic mass is 9.90. The smallest absolute Gasteiger partial charge is 0.0595 e. The van der Waals surface area contributed by atoms with E-state index in [9.17, 15) is 0 Å². The van der Waals surface area contributed by atoms with Gasteiger partial charge in [-0.1, -0.05) is 36.2 Å². The summed E-state index contributed by atoms with van der Waals surface area (Å²) in [6.45, 7) is 6.09. The van der Waals surface area contributed by atoms with E-state index in [1.807, 2.05) is 18.2 Å². The van der Waals surface area contributed by atoms with Crippen molar-refractivity contribution < 1.29 is 0 Å².